The van der Waals surface area contributed by atoms with Crippen molar-refractivity contribution in [1.82, 2.24) is 9.97 Å². The molecule has 0 unspecified atom stereocenters. The Morgan fingerprint density at radius 2 is 2.05 bits per heavy atom. The molecule has 0 fully saturated rings. The number of aromatic nitrogens is 2. The number of nitrogens with zero attached hydrogens (tertiary/aromatic N) is 3. The van der Waals surface area contributed by atoms with E-state index in [4.69, 9.17) is 0 Å². The van der Waals surface area contributed by atoms with Gasteiger partial charge >= 0.3 is 0 Å². The van der Waals surface area contributed by atoms with Crippen LogP contribution >= 0.6 is 11.3 Å². The second kappa shape index (κ2) is 6.44. The molecule has 110 valence electrons. The Kier molecular flexibility index (Phi) is 4.20. The minimum Gasteiger partial charge on any atom is -0.264 e. The van der Waals surface area contributed by atoms with Crippen LogP contribution in [-0.2, 0) is 0 Å². The molecule has 0 saturated heterocycles. The molecule has 22 heavy (non-hydrogen) atoms. The van der Waals surface area contributed by atoms with E-state index in [1.807, 2.05) is 24.4 Å². The molecule has 0 aliphatic rings. The zero-order valence-electron chi connectivity index (χ0n) is 11.8. The molecule has 0 radical (unpaired) electrons. The monoisotopic (exact) mass is 312 g/mol. The van der Waals surface area contributed by atoms with E-state index in [1.165, 1.54) is 23.5 Å². The first-order chi connectivity index (χ1) is 10.7. The molecule has 0 saturated carbocycles. The normalized spacial score (nSPS) is 11.5. The minimum atomic E-state index is -0.256. The van der Waals surface area contributed by atoms with E-state index in [0.717, 1.165) is 22.5 Å². The van der Waals surface area contributed by atoms with Crippen molar-refractivity contribution >= 4 is 22.2 Å². The lowest BCUT2D eigenvalue weighted by molar-refractivity contribution is 0.628. The van der Waals surface area contributed by atoms with E-state index in [-0.39, 0.29) is 5.82 Å². The van der Waals surface area contributed by atoms with Crippen LogP contribution in [0.4, 0.5) is 9.52 Å². The summed E-state index contributed by atoms with van der Waals surface area (Å²) in [5.74, 6) is -0.256. The summed E-state index contributed by atoms with van der Waals surface area (Å²) in [6, 6.07) is 10.1. The number of rotatable bonds is 4. The molecule has 0 bridgehead atoms. The molecule has 2 heterocycles. The van der Waals surface area contributed by atoms with Crippen LogP contribution in [0.25, 0.3) is 11.3 Å². The predicted molar refractivity (Wildman–Crippen MR) is 87.6 cm³/mol. The molecule has 2 aromatic heterocycles. The third kappa shape index (κ3) is 3.35. The minimum absolute atomic E-state index is 0.256. The summed E-state index contributed by atoms with van der Waals surface area (Å²) in [6.45, 7) is 1.90. The quantitative estimate of drug-likeness (QED) is 0.581. The smallest absolute Gasteiger partial charge is 0.203 e. The molecular weight excluding hydrogens is 299 g/mol. The Hall–Kier alpha value is -2.60. The maximum Gasteiger partial charge on any atom is 0.203 e. The average Bonchev–Trinajstić information content (AvgIpc) is 3.03. The average molecular weight is 312 g/mol. The molecule has 4 nitrogen and oxygen atoms in total. The van der Waals surface area contributed by atoms with Gasteiger partial charge in [0.25, 0.3) is 0 Å². The number of nitrogens with one attached hydrogen (secondary N) is 1. The number of thiazole rings is 1. The zero-order chi connectivity index (χ0) is 15.4. The fraction of sp³-hybridized carbons (Fsp3) is 0.0625. The fourth-order valence-corrected chi connectivity index (χ4v) is 2.51. The van der Waals surface area contributed by atoms with Crippen LogP contribution in [0.2, 0.25) is 0 Å². The third-order valence-corrected chi connectivity index (χ3v) is 3.79. The molecule has 0 aliphatic heterocycles. The van der Waals surface area contributed by atoms with Crippen molar-refractivity contribution in [2.24, 2.45) is 5.10 Å². The van der Waals surface area contributed by atoms with Gasteiger partial charge in [-0.3, -0.25) is 10.4 Å². The van der Waals surface area contributed by atoms with E-state index in [9.17, 15) is 4.39 Å². The summed E-state index contributed by atoms with van der Waals surface area (Å²) in [6.07, 6.45) is 3.48. The van der Waals surface area contributed by atoms with Crippen molar-refractivity contribution in [2.75, 3.05) is 5.43 Å². The lowest BCUT2D eigenvalue weighted by Gasteiger charge is -2.00. The van der Waals surface area contributed by atoms with Crippen molar-refractivity contribution < 1.29 is 4.39 Å². The largest absolute Gasteiger partial charge is 0.264 e. The summed E-state index contributed by atoms with van der Waals surface area (Å²) < 4.78 is 12.9. The van der Waals surface area contributed by atoms with Gasteiger partial charge < -0.3 is 0 Å². The molecule has 6 heteroatoms. The van der Waals surface area contributed by atoms with Gasteiger partial charge in [0.1, 0.15) is 5.82 Å². The molecule has 3 rings (SSSR count). The number of hydrogen-bond donors (Lipinski definition) is 1. The van der Waals surface area contributed by atoms with E-state index >= 15 is 0 Å². The summed E-state index contributed by atoms with van der Waals surface area (Å²) >= 11 is 1.45. The van der Waals surface area contributed by atoms with Gasteiger partial charge in [-0.15, -0.1) is 11.3 Å². The molecule has 0 atom stereocenters. The molecule has 0 aliphatic carbocycles. The first-order valence-corrected chi connectivity index (χ1v) is 7.52. The highest BCUT2D eigenvalue weighted by Crippen LogP contribution is 2.25. The van der Waals surface area contributed by atoms with E-state index in [0.29, 0.717) is 5.13 Å². The standard InChI is InChI=1S/C16H13FN4S/c1-11(13-3-2-8-18-9-13)20-21-16-19-15(10-22-16)12-4-6-14(17)7-5-12/h2-10H,1H3,(H,19,21)/b20-11-. The molecule has 0 amide bonds. The van der Waals surface area contributed by atoms with Crippen molar-refractivity contribution in [3.63, 3.8) is 0 Å². The topological polar surface area (TPSA) is 50.2 Å². The zero-order valence-corrected chi connectivity index (χ0v) is 12.6. The van der Waals surface area contributed by atoms with Gasteiger partial charge in [-0.1, -0.05) is 6.07 Å². The first-order valence-electron chi connectivity index (χ1n) is 6.64. The van der Waals surface area contributed by atoms with Gasteiger partial charge in [0, 0.05) is 28.9 Å². The van der Waals surface area contributed by atoms with Crippen LogP contribution in [0.15, 0.2) is 59.3 Å². The van der Waals surface area contributed by atoms with Crippen molar-refractivity contribution in [2.45, 2.75) is 6.92 Å². The SMILES string of the molecule is C/C(=N/Nc1nc(-c2ccc(F)cc2)cs1)c1cccnc1. The third-order valence-electron chi connectivity index (χ3n) is 3.04. The van der Waals surface area contributed by atoms with Gasteiger partial charge in [-0.25, -0.2) is 9.37 Å². The highest BCUT2D eigenvalue weighted by atomic mass is 32.1. The van der Waals surface area contributed by atoms with Crippen LogP contribution in [-0.4, -0.2) is 15.7 Å². The van der Waals surface area contributed by atoms with Crippen molar-refractivity contribution in [1.29, 1.82) is 0 Å². The second-order valence-corrected chi connectivity index (χ2v) is 5.45. The second-order valence-electron chi connectivity index (χ2n) is 4.60. The number of hydrazone groups is 1. The number of halogens is 1. The van der Waals surface area contributed by atoms with Crippen LogP contribution < -0.4 is 5.43 Å². The Balaban J connectivity index is 1.73. The summed E-state index contributed by atoms with van der Waals surface area (Å²) in [5, 5.41) is 6.89. The molecule has 3 aromatic rings. The number of anilines is 1. The van der Waals surface area contributed by atoms with Crippen molar-refractivity contribution in [3.05, 3.63) is 65.6 Å². The van der Waals surface area contributed by atoms with Gasteiger partial charge in [-0.2, -0.15) is 5.10 Å². The van der Waals surface area contributed by atoms with Crippen LogP contribution in [0, 0.1) is 5.82 Å². The number of benzene rings is 1. The van der Waals surface area contributed by atoms with Crippen molar-refractivity contribution in [3.8, 4) is 11.3 Å². The lowest BCUT2D eigenvalue weighted by atomic mass is 10.2. The van der Waals surface area contributed by atoms with Crippen LogP contribution in [0.3, 0.4) is 0 Å². The number of pyridine rings is 1. The van der Waals surface area contributed by atoms with Gasteiger partial charge in [0.05, 0.1) is 11.4 Å². The summed E-state index contributed by atoms with van der Waals surface area (Å²) in [4.78, 5) is 8.50. The molecule has 0 spiro atoms. The maximum atomic E-state index is 12.9. The molecule has 1 N–H and O–H groups in total. The van der Waals surface area contributed by atoms with Crippen LogP contribution in [0.5, 0.6) is 0 Å². The molecule has 1 aromatic carbocycles. The van der Waals surface area contributed by atoms with E-state index in [1.54, 1.807) is 24.5 Å². The van der Waals surface area contributed by atoms with Gasteiger partial charge in [0.15, 0.2) is 0 Å². The Labute approximate surface area is 131 Å². The Morgan fingerprint density at radius 3 is 2.77 bits per heavy atom. The fourth-order valence-electron chi connectivity index (χ4n) is 1.85. The predicted octanol–water partition coefficient (Wildman–Crippen LogP) is 4.18. The summed E-state index contributed by atoms with van der Waals surface area (Å²) in [5.41, 5.74) is 6.38. The highest BCUT2D eigenvalue weighted by molar-refractivity contribution is 7.14. The maximum absolute atomic E-state index is 12.9. The van der Waals surface area contributed by atoms with E-state index < -0.39 is 0 Å². The number of hydrogen-bond acceptors (Lipinski definition) is 5. The van der Waals surface area contributed by atoms with Crippen LogP contribution in [0.1, 0.15) is 12.5 Å². The highest BCUT2D eigenvalue weighted by Gasteiger charge is 2.04. The lowest BCUT2D eigenvalue weighted by Crippen LogP contribution is -1.99. The van der Waals surface area contributed by atoms with Gasteiger partial charge in [-0.05, 0) is 37.3 Å². The first kappa shape index (κ1) is 14.3. The molecular formula is C16H13FN4S. The van der Waals surface area contributed by atoms with E-state index in [2.05, 4.69) is 20.5 Å². The summed E-state index contributed by atoms with van der Waals surface area (Å²) in [7, 11) is 0. The Bertz CT molecular complexity index is 781. The van der Waals surface area contributed by atoms with Gasteiger partial charge in [0.2, 0.25) is 5.13 Å². The Morgan fingerprint density at radius 1 is 1.23 bits per heavy atom.